The molecule has 0 spiro atoms. The van der Waals surface area contributed by atoms with Crippen LogP contribution in [0.5, 0.6) is 0 Å². The number of amides is 3. The minimum Gasteiger partial charge on any atom is -0.331 e. The summed E-state index contributed by atoms with van der Waals surface area (Å²) >= 11 is 5.95. The molecule has 2 aromatic carbocycles. The zero-order valence-corrected chi connectivity index (χ0v) is 13.6. The summed E-state index contributed by atoms with van der Waals surface area (Å²) in [6.07, 6.45) is 0. The second-order valence-electron chi connectivity index (χ2n) is 5.13. The Balaban J connectivity index is 1.92. The standard InChI is InChI=1S/C17H18ClN3O2/c1-11(13-4-3-5-14(18)10-13)19-17(23)21-16-8-6-15(7-9-16)20-12(2)22/h3-11H,1-2H3,(H,20,22)(H2,19,21,23)/t11-/m1/s1. The third-order valence-electron chi connectivity index (χ3n) is 3.16. The first kappa shape index (κ1) is 16.8. The van der Waals surface area contributed by atoms with Crippen molar-refractivity contribution in [3.63, 3.8) is 0 Å². The van der Waals surface area contributed by atoms with E-state index in [2.05, 4.69) is 16.0 Å². The lowest BCUT2D eigenvalue weighted by atomic mass is 10.1. The molecule has 0 unspecified atom stereocenters. The molecule has 23 heavy (non-hydrogen) atoms. The van der Waals surface area contributed by atoms with E-state index in [1.165, 1.54) is 6.92 Å². The predicted molar refractivity (Wildman–Crippen MR) is 92.8 cm³/mol. The third-order valence-corrected chi connectivity index (χ3v) is 3.39. The molecule has 0 fully saturated rings. The summed E-state index contributed by atoms with van der Waals surface area (Å²) in [6.45, 7) is 3.32. The van der Waals surface area contributed by atoms with Crippen molar-refractivity contribution in [2.45, 2.75) is 19.9 Å². The van der Waals surface area contributed by atoms with Gasteiger partial charge < -0.3 is 16.0 Å². The number of urea groups is 1. The van der Waals surface area contributed by atoms with Gasteiger partial charge in [0.15, 0.2) is 0 Å². The zero-order chi connectivity index (χ0) is 16.8. The molecule has 6 heteroatoms. The number of hydrogen-bond donors (Lipinski definition) is 3. The molecule has 0 bridgehead atoms. The predicted octanol–water partition coefficient (Wildman–Crippen LogP) is 4.18. The van der Waals surface area contributed by atoms with Crippen LogP contribution in [0.15, 0.2) is 48.5 Å². The smallest absolute Gasteiger partial charge is 0.319 e. The van der Waals surface area contributed by atoms with Gasteiger partial charge in [-0.3, -0.25) is 4.79 Å². The van der Waals surface area contributed by atoms with Crippen molar-refractivity contribution in [3.8, 4) is 0 Å². The molecule has 0 radical (unpaired) electrons. The molecule has 1 atom stereocenters. The van der Waals surface area contributed by atoms with Crippen LogP contribution in [0.3, 0.4) is 0 Å². The molecule has 0 saturated heterocycles. The van der Waals surface area contributed by atoms with E-state index in [0.29, 0.717) is 16.4 Å². The summed E-state index contributed by atoms with van der Waals surface area (Å²) < 4.78 is 0. The summed E-state index contributed by atoms with van der Waals surface area (Å²) in [5.41, 5.74) is 2.24. The first-order chi connectivity index (χ1) is 10.9. The first-order valence-electron chi connectivity index (χ1n) is 7.14. The maximum atomic E-state index is 12.0. The van der Waals surface area contributed by atoms with Gasteiger partial charge in [0.1, 0.15) is 0 Å². The maximum Gasteiger partial charge on any atom is 0.319 e. The molecule has 3 N–H and O–H groups in total. The highest BCUT2D eigenvalue weighted by Crippen LogP contribution is 2.18. The normalized spacial score (nSPS) is 11.4. The average molecular weight is 332 g/mol. The molecule has 0 saturated carbocycles. The van der Waals surface area contributed by atoms with Gasteiger partial charge in [-0.15, -0.1) is 0 Å². The van der Waals surface area contributed by atoms with Gasteiger partial charge >= 0.3 is 6.03 Å². The number of carbonyl (C=O) groups excluding carboxylic acids is 2. The van der Waals surface area contributed by atoms with Crippen LogP contribution in [0, 0.1) is 0 Å². The lowest BCUT2D eigenvalue weighted by Gasteiger charge is -2.15. The monoisotopic (exact) mass is 331 g/mol. The number of halogens is 1. The van der Waals surface area contributed by atoms with Crippen LogP contribution >= 0.6 is 11.6 Å². The maximum absolute atomic E-state index is 12.0. The molecular formula is C17H18ClN3O2. The number of nitrogens with one attached hydrogen (secondary N) is 3. The Morgan fingerprint density at radius 3 is 2.17 bits per heavy atom. The van der Waals surface area contributed by atoms with Crippen molar-refractivity contribution >= 4 is 34.9 Å². The fraction of sp³-hybridized carbons (Fsp3) is 0.176. The van der Waals surface area contributed by atoms with E-state index >= 15 is 0 Å². The van der Waals surface area contributed by atoms with Gasteiger partial charge in [0.2, 0.25) is 5.91 Å². The van der Waals surface area contributed by atoms with Crippen molar-refractivity contribution in [2.24, 2.45) is 0 Å². The molecule has 2 rings (SSSR count). The Hall–Kier alpha value is -2.53. The SMILES string of the molecule is CC(=O)Nc1ccc(NC(=O)N[C@H](C)c2cccc(Cl)c2)cc1. The van der Waals surface area contributed by atoms with Gasteiger partial charge in [-0.2, -0.15) is 0 Å². The number of benzene rings is 2. The highest BCUT2D eigenvalue weighted by atomic mass is 35.5. The molecular weight excluding hydrogens is 314 g/mol. The van der Waals surface area contributed by atoms with Crippen LogP contribution in [0.4, 0.5) is 16.2 Å². The van der Waals surface area contributed by atoms with E-state index in [4.69, 9.17) is 11.6 Å². The van der Waals surface area contributed by atoms with Crippen molar-refractivity contribution < 1.29 is 9.59 Å². The minimum absolute atomic E-state index is 0.140. The molecule has 3 amide bonds. The van der Waals surface area contributed by atoms with Crippen LogP contribution in [-0.4, -0.2) is 11.9 Å². The van der Waals surface area contributed by atoms with Crippen molar-refractivity contribution in [2.75, 3.05) is 10.6 Å². The van der Waals surface area contributed by atoms with Gasteiger partial charge in [0, 0.05) is 23.3 Å². The van der Waals surface area contributed by atoms with Gasteiger partial charge in [-0.25, -0.2) is 4.79 Å². The largest absolute Gasteiger partial charge is 0.331 e. The quantitative estimate of drug-likeness (QED) is 0.786. The molecule has 2 aromatic rings. The second-order valence-corrected chi connectivity index (χ2v) is 5.57. The summed E-state index contributed by atoms with van der Waals surface area (Å²) in [7, 11) is 0. The Morgan fingerprint density at radius 1 is 1.00 bits per heavy atom. The highest BCUT2D eigenvalue weighted by molar-refractivity contribution is 6.30. The van der Waals surface area contributed by atoms with Crippen molar-refractivity contribution in [1.82, 2.24) is 5.32 Å². The Bertz CT molecular complexity index is 701. The molecule has 0 aliphatic carbocycles. The van der Waals surface area contributed by atoms with Gasteiger partial charge in [0.05, 0.1) is 6.04 Å². The first-order valence-corrected chi connectivity index (χ1v) is 7.52. The Morgan fingerprint density at radius 2 is 1.61 bits per heavy atom. The lowest BCUT2D eigenvalue weighted by Crippen LogP contribution is -2.31. The molecule has 0 heterocycles. The zero-order valence-electron chi connectivity index (χ0n) is 12.9. The van der Waals surface area contributed by atoms with Crippen LogP contribution < -0.4 is 16.0 Å². The fourth-order valence-corrected chi connectivity index (χ4v) is 2.26. The van der Waals surface area contributed by atoms with E-state index in [9.17, 15) is 9.59 Å². The minimum atomic E-state index is -0.315. The lowest BCUT2D eigenvalue weighted by molar-refractivity contribution is -0.114. The van der Waals surface area contributed by atoms with E-state index in [0.717, 1.165) is 5.56 Å². The topological polar surface area (TPSA) is 70.2 Å². The molecule has 5 nitrogen and oxygen atoms in total. The molecule has 120 valence electrons. The van der Waals surface area contributed by atoms with E-state index < -0.39 is 0 Å². The van der Waals surface area contributed by atoms with Crippen LogP contribution in [0.2, 0.25) is 5.02 Å². The third kappa shape index (κ3) is 5.30. The van der Waals surface area contributed by atoms with Crippen molar-refractivity contribution in [1.29, 1.82) is 0 Å². The van der Waals surface area contributed by atoms with E-state index in [-0.39, 0.29) is 18.0 Å². The van der Waals surface area contributed by atoms with Crippen LogP contribution in [0.25, 0.3) is 0 Å². The number of rotatable bonds is 4. The van der Waals surface area contributed by atoms with Gasteiger partial charge in [-0.05, 0) is 48.9 Å². The number of hydrogen-bond acceptors (Lipinski definition) is 2. The highest BCUT2D eigenvalue weighted by Gasteiger charge is 2.10. The fourth-order valence-electron chi connectivity index (χ4n) is 2.06. The van der Waals surface area contributed by atoms with Gasteiger partial charge in [0.25, 0.3) is 0 Å². The molecule has 0 aromatic heterocycles. The Labute approximate surface area is 140 Å². The number of carbonyl (C=O) groups is 2. The molecule has 0 aliphatic heterocycles. The summed E-state index contributed by atoms with van der Waals surface area (Å²) in [6, 6.07) is 13.7. The van der Waals surface area contributed by atoms with Crippen LogP contribution in [-0.2, 0) is 4.79 Å². The second kappa shape index (κ2) is 7.65. The van der Waals surface area contributed by atoms with E-state index in [1.807, 2.05) is 25.1 Å². The van der Waals surface area contributed by atoms with Crippen molar-refractivity contribution in [3.05, 3.63) is 59.1 Å². The van der Waals surface area contributed by atoms with Crippen LogP contribution in [0.1, 0.15) is 25.5 Å². The summed E-state index contributed by atoms with van der Waals surface area (Å²) in [5, 5.41) is 8.88. The summed E-state index contributed by atoms with van der Waals surface area (Å²) in [5.74, 6) is -0.140. The average Bonchev–Trinajstić information content (AvgIpc) is 2.48. The molecule has 0 aliphatic rings. The summed E-state index contributed by atoms with van der Waals surface area (Å²) in [4.78, 5) is 23.0. The Kier molecular flexibility index (Phi) is 5.60. The van der Waals surface area contributed by atoms with E-state index in [1.54, 1.807) is 30.3 Å². The van der Waals surface area contributed by atoms with Gasteiger partial charge in [-0.1, -0.05) is 23.7 Å². The number of anilines is 2.